The zero-order valence-electron chi connectivity index (χ0n) is 25.4. The number of benzene rings is 3. The molecule has 0 saturated carbocycles. The largest absolute Gasteiger partial charge is 0.411 e. The van der Waals surface area contributed by atoms with Crippen molar-refractivity contribution in [1.29, 1.82) is 5.41 Å². The van der Waals surface area contributed by atoms with Gasteiger partial charge in [0.15, 0.2) is 0 Å². The smallest absolute Gasteiger partial charge is 0.391 e. The molecule has 4 aromatic rings. The molecule has 0 unspecified atom stereocenters. The summed E-state index contributed by atoms with van der Waals surface area (Å²) in [6.45, 7) is 2.10. The molecule has 0 aliphatic heterocycles. The van der Waals surface area contributed by atoms with Crippen LogP contribution in [-0.2, 0) is 43.1 Å². The highest BCUT2D eigenvalue weighted by molar-refractivity contribution is 7.88. The van der Waals surface area contributed by atoms with E-state index in [9.17, 15) is 22.8 Å². The monoisotopic (exact) mass is 646 g/mol. The Bertz CT molecular complexity index is 1770. The van der Waals surface area contributed by atoms with E-state index >= 15 is 0 Å². The van der Waals surface area contributed by atoms with Gasteiger partial charge in [0, 0.05) is 29.2 Å². The number of sulfonamides is 1. The lowest BCUT2D eigenvalue weighted by Crippen LogP contribution is -2.54. The Labute approximate surface area is 267 Å². The number of carbonyl (C=O) groups excluding carboxylic acids is 3. The summed E-state index contributed by atoms with van der Waals surface area (Å²) in [5.41, 5.74) is 8.18. The van der Waals surface area contributed by atoms with Crippen LogP contribution in [0, 0.1) is 5.41 Å². The molecular weight excluding hydrogens is 608 g/mol. The highest BCUT2D eigenvalue weighted by Crippen LogP contribution is 2.20. The molecule has 3 aromatic carbocycles. The lowest BCUT2D eigenvalue weighted by atomic mass is 10.0. The molecule has 3 amide bonds. The second kappa shape index (κ2) is 15.8. The Morgan fingerprint density at radius 3 is 2.30 bits per heavy atom. The first-order chi connectivity index (χ1) is 22.0. The molecule has 0 fully saturated rings. The zero-order valence-corrected chi connectivity index (χ0v) is 26.2. The third kappa shape index (κ3) is 9.74. The van der Waals surface area contributed by atoms with E-state index in [-0.39, 0.29) is 18.7 Å². The van der Waals surface area contributed by atoms with Gasteiger partial charge in [0.2, 0.25) is 27.7 Å². The van der Waals surface area contributed by atoms with Crippen LogP contribution in [0.4, 0.5) is 4.79 Å². The summed E-state index contributed by atoms with van der Waals surface area (Å²) in [4.78, 5) is 41.2. The number of hydrogen-bond acceptors (Lipinski definition) is 7. The van der Waals surface area contributed by atoms with Crippen molar-refractivity contribution in [3.05, 3.63) is 107 Å². The first kappa shape index (κ1) is 33.9. The van der Waals surface area contributed by atoms with Gasteiger partial charge in [-0.25, -0.2) is 17.9 Å². The Hall–Kier alpha value is -5.01. The highest BCUT2D eigenvalue weighted by Gasteiger charge is 2.29. The Balaban J connectivity index is 1.49. The topological polar surface area (TPSA) is 196 Å². The zero-order chi connectivity index (χ0) is 33.1. The minimum Gasteiger partial charge on any atom is -0.391 e. The van der Waals surface area contributed by atoms with Crippen molar-refractivity contribution in [2.45, 2.75) is 57.0 Å². The van der Waals surface area contributed by atoms with Crippen molar-refractivity contribution < 1.29 is 27.5 Å². The summed E-state index contributed by atoms with van der Waals surface area (Å²) < 4.78 is 33.7. The molecule has 0 spiro atoms. The number of aromatic nitrogens is 1. The summed E-state index contributed by atoms with van der Waals surface area (Å²) in [6.07, 6.45) is 2.52. The van der Waals surface area contributed by atoms with Gasteiger partial charge in [-0.05, 0) is 47.7 Å². The summed E-state index contributed by atoms with van der Waals surface area (Å²) in [6, 6.07) is 20.6. The number of hydrogen-bond donors (Lipinski definition) is 6. The van der Waals surface area contributed by atoms with E-state index < -0.39 is 45.9 Å². The predicted octanol–water partition coefficient (Wildman–Crippen LogP) is 3.61. The molecule has 0 bridgehead atoms. The van der Waals surface area contributed by atoms with Gasteiger partial charge in [-0.1, -0.05) is 80.4 Å². The summed E-state index contributed by atoms with van der Waals surface area (Å²) in [5.74, 6) is -1.74. The molecule has 0 aliphatic carbocycles. The predicted molar refractivity (Wildman–Crippen MR) is 175 cm³/mol. The van der Waals surface area contributed by atoms with Crippen LogP contribution in [0.3, 0.4) is 0 Å². The first-order valence-electron chi connectivity index (χ1n) is 14.9. The maximum Gasteiger partial charge on any atom is 0.411 e. The number of aromatic amines is 1. The van der Waals surface area contributed by atoms with Gasteiger partial charge in [0.1, 0.15) is 12.1 Å². The first-order valence-corrected chi connectivity index (χ1v) is 16.5. The second-order valence-corrected chi connectivity index (χ2v) is 12.6. The molecule has 13 heteroatoms. The van der Waals surface area contributed by atoms with Crippen molar-refractivity contribution in [2.75, 3.05) is 0 Å². The van der Waals surface area contributed by atoms with Gasteiger partial charge >= 0.3 is 6.09 Å². The third-order valence-corrected chi connectivity index (χ3v) is 8.66. The fourth-order valence-corrected chi connectivity index (χ4v) is 6.29. The number of para-hydroxylation sites is 1. The van der Waals surface area contributed by atoms with Gasteiger partial charge in [0.05, 0.1) is 5.75 Å². The fraction of sp³-hybridized carbons (Fsp3) is 0.273. The maximum absolute atomic E-state index is 13.8. The molecule has 4 rings (SSSR count). The minimum atomic E-state index is -3.94. The van der Waals surface area contributed by atoms with E-state index in [1.807, 2.05) is 31.2 Å². The van der Waals surface area contributed by atoms with Crippen LogP contribution in [-0.4, -0.2) is 49.3 Å². The van der Waals surface area contributed by atoms with Crippen molar-refractivity contribution in [3.8, 4) is 0 Å². The fourth-order valence-electron chi connectivity index (χ4n) is 4.96. The normalized spacial score (nSPS) is 12.6. The molecule has 1 heterocycles. The summed E-state index contributed by atoms with van der Waals surface area (Å²) in [7, 11) is -3.94. The standard InChI is InChI=1S/C33H38N6O6S/c1-2-3-12-28(31(40)37-19-22-14-16-24(17-15-22)30(34)45-33(35)42)38-32(41)29(18-25-20-36-27-13-8-7-11-26(25)27)39-46(43,44)21-23-9-5-4-6-10-23/h4-11,13-17,20,28-29,34,36,39H,2-3,12,18-19,21H2,1H3,(H2,35,42)(H,37,40)(H,38,41)/t28-,29+/m0/s1. The van der Waals surface area contributed by atoms with Crippen molar-refractivity contribution in [3.63, 3.8) is 0 Å². The maximum atomic E-state index is 13.8. The average molecular weight is 647 g/mol. The third-order valence-electron chi connectivity index (χ3n) is 7.30. The van der Waals surface area contributed by atoms with Crippen LogP contribution < -0.4 is 21.1 Å². The van der Waals surface area contributed by atoms with E-state index in [4.69, 9.17) is 11.1 Å². The van der Waals surface area contributed by atoms with Crippen LogP contribution >= 0.6 is 0 Å². The van der Waals surface area contributed by atoms with E-state index in [2.05, 4.69) is 25.1 Å². The SMILES string of the molecule is CCCC[C@H](NC(=O)[C@@H](Cc1c[nH]c2ccccc12)NS(=O)(=O)Cc1ccccc1)C(=O)NCc1ccc(C(=N)OC(N)=O)cc1. The second-order valence-electron chi connectivity index (χ2n) is 10.8. The van der Waals surface area contributed by atoms with E-state index in [1.165, 1.54) is 0 Å². The van der Waals surface area contributed by atoms with Crippen LogP contribution in [0.25, 0.3) is 10.9 Å². The molecule has 0 aliphatic rings. The summed E-state index contributed by atoms with van der Waals surface area (Å²) >= 11 is 0. The lowest BCUT2D eigenvalue weighted by molar-refractivity contribution is -0.130. The average Bonchev–Trinajstić information content (AvgIpc) is 3.44. The van der Waals surface area contributed by atoms with Gasteiger partial charge in [-0.3, -0.25) is 15.0 Å². The molecule has 0 saturated heterocycles. The highest BCUT2D eigenvalue weighted by atomic mass is 32.2. The molecule has 7 N–H and O–H groups in total. The van der Waals surface area contributed by atoms with Crippen LogP contribution in [0.15, 0.2) is 85.1 Å². The van der Waals surface area contributed by atoms with E-state index in [1.54, 1.807) is 60.8 Å². The number of unbranched alkanes of at least 4 members (excludes halogenated alkanes) is 1. The molecule has 1 aromatic heterocycles. The number of ether oxygens (including phenoxy) is 1. The molecule has 46 heavy (non-hydrogen) atoms. The number of nitrogens with one attached hydrogen (secondary N) is 5. The molecule has 242 valence electrons. The number of primary amides is 1. The van der Waals surface area contributed by atoms with E-state index in [0.29, 0.717) is 29.5 Å². The van der Waals surface area contributed by atoms with Crippen molar-refractivity contribution >= 4 is 44.7 Å². The number of rotatable bonds is 15. The van der Waals surface area contributed by atoms with Gasteiger partial charge in [-0.2, -0.15) is 0 Å². The summed E-state index contributed by atoms with van der Waals surface area (Å²) in [5, 5.41) is 14.2. The van der Waals surface area contributed by atoms with Gasteiger partial charge < -0.3 is 26.1 Å². The number of H-pyrrole nitrogens is 1. The lowest BCUT2D eigenvalue weighted by Gasteiger charge is -2.23. The number of nitrogens with two attached hydrogens (primary N) is 1. The molecular formula is C33H38N6O6S. The van der Waals surface area contributed by atoms with Crippen LogP contribution in [0.2, 0.25) is 0 Å². The Morgan fingerprint density at radius 1 is 0.913 bits per heavy atom. The Morgan fingerprint density at radius 2 is 1.61 bits per heavy atom. The Kier molecular flexibility index (Phi) is 11.7. The number of amides is 3. The van der Waals surface area contributed by atoms with Crippen molar-refractivity contribution in [1.82, 2.24) is 20.3 Å². The molecule has 2 atom stereocenters. The van der Waals surface area contributed by atoms with Crippen molar-refractivity contribution in [2.24, 2.45) is 5.73 Å². The number of carbonyl (C=O) groups is 3. The van der Waals surface area contributed by atoms with Gasteiger partial charge in [-0.15, -0.1) is 0 Å². The van der Waals surface area contributed by atoms with Crippen LogP contribution in [0.5, 0.6) is 0 Å². The molecule has 12 nitrogen and oxygen atoms in total. The van der Waals surface area contributed by atoms with E-state index in [0.717, 1.165) is 22.9 Å². The quantitative estimate of drug-likeness (QED) is 0.0843. The minimum absolute atomic E-state index is 0.0623. The van der Waals surface area contributed by atoms with Crippen LogP contribution in [0.1, 0.15) is 48.4 Å². The number of fused-ring (bicyclic) bond motifs is 1. The molecule has 0 radical (unpaired) electrons. The van der Waals surface area contributed by atoms with Gasteiger partial charge in [0.25, 0.3) is 0 Å².